The lowest BCUT2D eigenvalue weighted by Crippen LogP contribution is -2.46. The smallest absolute Gasteiger partial charge is 0.253 e. The van der Waals surface area contributed by atoms with Gasteiger partial charge in [-0.25, -0.2) is 0 Å². The number of carbonyl (C=O) groups is 2. The summed E-state index contributed by atoms with van der Waals surface area (Å²) in [5.41, 5.74) is 0.715. The number of ether oxygens (including phenoxy) is 1. The van der Waals surface area contributed by atoms with Crippen molar-refractivity contribution in [1.29, 1.82) is 0 Å². The molecule has 1 aromatic carbocycles. The third-order valence-corrected chi connectivity index (χ3v) is 7.63. The molecule has 3 saturated heterocycles. The van der Waals surface area contributed by atoms with Gasteiger partial charge in [-0.05, 0) is 68.8 Å². The summed E-state index contributed by atoms with van der Waals surface area (Å²) in [6, 6.07) is 7.50. The van der Waals surface area contributed by atoms with E-state index in [0.29, 0.717) is 24.6 Å². The molecule has 3 fully saturated rings. The molecule has 31 heavy (non-hydrogen) atoms. The molecular formula is C24H34BrN3O3. The third kappa shape index (κ3) is 6.08. The van der Waals surface area contributed by atoms with Crippen LogP contribution in [0.4, 0.5) is 0 Å². The summed E-state index contributed by atoms with van der Waals surface area (Å²) in [5.74, 6) is 1.18. The second kappa shape index (κ2) is 10.9. The van der Waals surface area contributed by atoms with Gasteiger partial charge in [0.05, 0.1) is 13.2 Å². The minimum Gasteiger partial charge on any atom is -0.379 e. The van der Waals surface area contributed by atoms with Crippen LogP contribution in [-0.4, -0.2) is 85.5 Å². The zero-order valence-electron chi connectivity index (χ0n) is 18.3. The Bertz CT molecular complexity index is 735. The fraction of sp³-hybridized carbons (Fsp3) is 0.667. The number of halogens is 1. The number of likely N-dealkylation sites (tertiary alicyclic amines) is 2. The Kier molecular flexibility index (Phi) is 8.02. The molecule has 0 bridgehead atoms. The number of hydrogen-bond acceptors (Lipinski definition) is 4. The van der Waals surface area contributed by atoms with Crippen LogP contribution in [-0.2, 0) is 9.53 Å². The molecule has 0 saturated carbocycles. The van der Waals surface area contributed by atoms with Gasteiger partial charge in [-0.15, -0.1) is 0 Å². The number of rotatable bonds is 5. The molecule has 0 atom stereocenters. The largest absolute Gasteiger partial charge is 0.379 e. The van der Waals surface area contributed by atoms with Crippen molar-refractivity contribution < 1.29 is 14.3 Å². The van der Waals surface area contributed by atoms with Gasteiger partial charge in [0.1, 0.15) is 0 Å². The van der Waals surface area contributed by atoms with E-state index < -0.39 is 0 Å². The second-order valence-electron chi connectivity index (χ2n) is 9.08. The lowest BCUT2D eigenvalue weighted by Gasteiger charge is -2.38. The highest BCUT2D eigenvalue weighted by molar-refractivity contribution is 9.10. The van der Waals surface area contributed by atoms with Crippen LogP contribution >= 0.6 is 15.9 Å². The van der Waals surface area contributed by atoms with Gasteiger partial charge in [-0.2, -0.15) is 0 Å². The summed E-state index contributed by atoms with van der Waals surface area (Å²) < 4.78 is 6.40. The van der Waals surface area contributed by atoms with E-state index in [2.05, 4.69) is 25.7 Å². The van der Waals surface area contributed by atoms with Crippen LogP contribution in [0.25, 0.3) is 0 Å². The van der Waals surface area contributed by atoms with Crippen LogP contribution < -0.4 is 0 Å². The summed E-state index contributed by atoms with van der Waals surface area (Å²) in [6.07, 6.45) is 5.03. The molecule has 7 heteroatoms. The van der Waals surface area contributed by atoms with E-state index in [1.165, 1.54) is 6.42 Å². The van der Waals surface area contributed by atoms with Crippen LogP contribution in [0.1, 0.15) is 42.5 Å². The van der Waals surface area contributed by atoms with Gasteiger partial charge in [0.25, 0.3) is 5.91 Å². The number of hydrogen-bond donors (Lipinski definition) is 0. The van der Waals surface area contributed by atoms with Crippen molar-refractivity contribution in [2.75, 3.05) is 59.0 Å². The minimum atomic E-state index is 0.0684. The normalized spacial score (nSPS) is 22.0. The van der Waals surface area contributed by atoms with Crippen LogP contribution in [0.15, 0.2) is 28.7 Å². The highest BCUT2D eigenvalue weighted by Crippen LogP contribution is 2.26. The van der Waals surface area contributed by atoms with Gasteiger partial charge in [0.15, 0.2) is 0 Å². The summed E-state index contributed by atoms with van der Waals surface area (Å²) >= 11 is 3.41. The number of amides is 2. The van der Waals surface area contributed by atoms with Crippen molar-refractivity contribution >= 4 is 27.7 Å². The number of piperidine rings is 2. The summed E-state index contributed by atoms with van der Waals surface area (Å²) in [6.45, 7) is 8.12. The molecule has 2 amide bonds. The van der Waals surface area contributed by atoms with Crippen molar-refractivity contribution in [3.63, 3.8) is 0 Å². The highest BCUT2D eigenvalue weighted by atomic mass is 79.9. The van der Waals surface area contributed by atoms with Crippen LogP contribution in [0, 0.1) is 11.8 Å². The molecule has 0 N–H and O–H groups in total. The van der Waals surface area contributed by atoms with E-state index in [9.17, 15) is 9.59 Å². The first kappa shape index (κ1) is 22.7. The molecule has 0 aliphatic carbocycles. The van der Waals surface area contributed by atoms with Gasteiger partial charge >= 0.3 is 0 Å². The van der Waals surface area contributed by atoms with E-state index in [1.54, 1.807) is 0 Å². The number of benzene rings is 1. The summed E-state index contributed by atoms with van der Waals surface area (Å²) in [5, 5.41) is 0. The Morgan fingerprint density at radius 2 is 1.48 bits per heavy atom. The predicted octanol–water partition coefficient (Wildman–Crippen LogP) is 3.26. The van der Waals surface area contributed by atoms with Crippen LogP contribution in [0.2, 0.25) is 0 Å². The fourth-order valence-electron chi connectivity index (χ4n) is 4.99. The van der Waals surface area contributed by atoms with Crippen LogP contribution in [0.3, 0.4) is 0 Å². The van der Waals surface area contributed by atoms with E-state index in [4.69, 9.17) is 4.74 Å². The van der Waals surface area contributed by atoms with Crippen LogP contribution in [0.5, 0.6) is 0 Å². The summed E-state index contributed by atoms with van der Waals surface area (Å²) in [4.78, 5) is 32.2. The average Bonchev–Trinajstić information content (AvgIpc) is 2.83. The molecule has 0 unspecified atom stereocenters. The predicted molar refractivity (Wildman–Crippen MR) is 124 cm³/mol. The Labute approximate surface area is 194 Å². The lowest BCUT2D eigenvalue weighted by molar-refractivity contribution is -0.138. The first-order chi connectivity index (χ1) is 15.1. The second-order valence-corrected chi connectivity index (χ2v) is 10.0. The molecule has 3 heterocycles. The number of morpholine rings is 1. The average molecular weight is 492 g/mol. The molecule has 170 valence electrons. The number of nitrogens with zero attached hydrogens (tertiary/aromatic N) is 3. The maximum Gasteiger partial charge on any atom is 0.253 e. The topological polar surface area (TPSA) is 53.1 Å². The monoisotopic (exact) mass is 491 g/mol. The molecule has 4 rings (SSSR count). The molecule has 0 radical (unpaired) electrons. The third-order valence-electron chi connectivity index (χ3n) is 7.11. The Balaban J connectivity index is 1.18. The van der Waals surface area contributed by atoms with Gasteiger partial charge < -0.3 is 14.5 Å². The first-order valence-electron chi connectivity index (χ1n) is 11.7. The Morgan fingerprint density at radius 3 is 2.13 bits per heavy atom. The zero-order valence-corrected chi connectivity index (χ0v) is 19.9. The van der Waals surface area contributed by atoms with Gasteiger partial charge in [-0.3, -0.25) is 14.5 Å². The molecular weight excluding hydrogens is 458 g/mol. The maximum atomic E-state index is 13.0. The van der Waals surface area contributed by atoms with Crippen molar-refractivity contribution in [1.82, 2.24) is 14.7 Å². The number of carbonyl (C=O) groups excluding carboxylic acids is 2. The van der Waals surface area contributed by atoms with Gasteiger partial charge in [0.2, 0.25) is 5.91 Å². The van der Waals surface area contributed by atoms with E-state index in [0.717, 1.165) is 82.0 Å². The highest BCUT2D eigenvalue weighted by Gasteiger charge is 2.32. The molecule has 3 aliphatic heterocycles. The Hall–Kier alpha value is -1.44. The van der Waals surface area contributed by atoms with Gasteiger partial charge in [0, 0.05) is 55.2 Å². The van der Waals surface area contributed by atoms with Crippen molar-refractivity contribution in [3.05, 3.63) is 34.3 Å². The van der Waals surface area contributed by atoms with Crippen molar-refractivity contribution in [2.24, 2.45) is 11.8 Å². The zero-order chi connectivity index (χ0) is 21.6. The molecule has 0 spiro atoms. The lowest BCUT2D eigenvalue weighted by atomic mass is 9.90. The van der Waals surface area contributed by atoms with Gasteiger partial charge in [-0.1, -0.05) is 15.9 Å². The van der Waals surface area contributed by atoms with E-state index in [1.807, 2.05) is 29.2 Å². The SMILES string of the molecule is O=C(c1ccc(Br)cc1)N1CCC(C(=O)N2CCC(CCN3CCOCC3)CC2)CC1. The quantitative estimate of drug-likeness (QED) is 0.634. The molecule has 1 aromatic rings. The van der Waals surface area contributed by atoms with Crippen molar-refractivity contribution in [2.45, 2.75) is 32.1 Å². The first-order valence-corrected chi connectivity index (χ1v) is 12.5. The van der Waals surface area contributed by atoms with Crippen molar-refractivity contribution in [3.8, 4) is 0 Å². The minimum absolute atomic E-state index is 0.0684. The van der Waals surface area contributed by atoms with E-state index >= 15 is 0 Å². The standard InChI is InChI=1S/C24H34BrN3O3/c25-22-3-1-20(2-4-22)23(29)28-13-8-21(9-14-28)24(30)27-11-6-19(7-12-27)5-10-26-15-17-31-18-16-26/h1-4,19,21H,5-18H2. The maximum absolute atomic E-state index is 13.0. The van der Waals surface area contributed by atoms with E-state index in [-0.39, 0.29) is 11.8 Å². The Morgan fingerprint density at radius 1 is 0.871 bits per heavy atom. The summed E-state index contributed by atoms with van der Waals surface area (Å²) in [7, 11) is 0. The molecule has 0 aromatic heterocycles. The molecule has 6 nitrogen and oxygen atoms in total. The molecule has 3 aliphatic rings. The fourth-order valence-corrected chi connectivity index (χ4v) is 5.26.